The van der Waals surface area contributed by atoms with E-state index in [4.69, 9.17) is 17.3 Å². The fourth-order valence-corrected chi connectivity index (χ4v) is 2.82. The molecule has 1 aromatic heterocycles. The first-order chi connectivity index (χ1) is 9.06. The molecule has 0 radical (unpaired) electrons. The van der Waals surface area contributed by atoms with Gasteiger partial charge in [0, 0.05) is 33.4 Å². The van der Waals surface area contributed by atoms with Gasteiger partial charge < -0.3 is 5.73 Å². The predicted molar refractivity (Wildman–Crippen MR) is 80.4 cm³/mol. The molecule has 1 atom stereocenters. The van der Waals surface area contributed by atoms with Gasteiger partial charge in [0.15, 0.2) is 0 Å². The van der Waals surface area contributed by atoms with Gasteiger partial charge in [-0.1, -0.05) is 17.7 Å². The van der Waals surface area contributed by atoms with Crippen LogP contribution in [-0.4, -0.2) is 9.97 Å². The summed E-state index contributed by atoms with van der Waals surface area (Å²) >= 11 is 7.62. The Bertz CT molecular complexity index is 572. The summed E-state index contributed by atoms with van der Waals surface area (Å²) in [5.74, 6) is 1.53. The second-order valence-corrected chi connectivity index (χ2v) is 5.85. The van der Waals surface area contributed by atoms with Gasteiger partial charge in [-0.25, -0.2) is 9.97 Å². The average molecular weight is 294 g/mol. The van der Waals surface area contributed by atoms with Crippen LogP contribution in [0.5, 0.6) is 0 Å². The number of thioether (sulfide) groups is 1. The molecule has 0 saturated carbocycles. The monoisotopic (exact) mass is 293 g/mol. The van der Waals surface area contributed by atoms with Gasteiger partial charge in [-0.3, -0.25) is 0 Å². The number of hydrogen-bond donors (Lipinski definition) is 1. The highest BCUT2D eigenvalue weighted by Crippen LogP contribution is 2.24. The predicted octanol–water partition coefficient (Wildman–Crippen LogP) is 3.75. The summed E-state index contributed by atoms with van der Waals surface area (Å²) in [5, 5.41) is 0.745. The van der Waals surface area contributed by atoms with Crippen LogP contribution >= 0.6 is 23.4 Å². The maximum Gasteiger partial charge on any atom is 0.138 e. The Morgan fingerprint density at radius 2 is 2.21 bits per heavy atom. The van der Waals surface area contributed by atoms with Gasteiger partial charge >= 0.3 is 0 Å². The molecule has 19 heavy (non-hydrogen) atoms. The van der Waals surface area contributed by atoms with Crippen LogP contribution in [0.15, 0.2) is 35.4 Å². The topological polar surface area (TPSA) is 51.8 Å². The van der Waals surface area contributed by atoms with E-state index in [-0.39, 0.29) is 6.04 Å². The maximum absolute atomic E-state index is 5.95. The van der Waals surface area contributed by atoms with E-state index in [0.717, 1.165) is 32.8 Å². The van der Waals surface area contributed by atoms with E-state index >= 15 is 0 Å². The van der Waals surface area contributed by atoms with Crippen LogP contribution in [0.25, 0.3) is 0 Å². The smallest absolute Gasteiger partial charge is 0.138 e. The van der Waals surface area contributed by atoms with Crippen LogP contribution in [0.3, 0.4) is 0 Å². The minimum atomic E-state index is -0.0327. The average Bonchev–Trinajstić information content (AvgIpc) is 2.36. The highest BCUT2D eigenvalue weighted by atomic mass is 35.5. The van der Waals surface area contributed by atoms with Crippen molar-refractivity contribution in [3.05, 3.63) is 52.6 Å². The highest BCUT2D eigenvalue weighted by molar-refractivity contribution is 7.98. The molecule has 0 bridgehead atoms. The van der Waals surface area contributed by atoms with Gasteiger partial charge in [-0.15, -0.1) is 11.8 Å². The van der Waals surface area contributed by atoms with Gasteiger partial charge in [0.05, 0.1) is 5.75 Å². The molecule has 3 nitrogen and oxygen atoms in total. The lowest BCUT2D eigenvalue weighted by Gasteiger charge is -2.09. The van der Waals surface area contributed by atoms with E-state index in [1.54, 1.807) is 11.8 Å². The molecule has 5 heteroatoms. The number of rotatable bonds is 4. The molecule has 0 aliphatic heterocycles. The standard InChI is InChI=1S/C14H16ClN3S/c1-9(16)13-7-17-14(18-10(13)2)8-19-12-5-3-4-11(15)6-12/h3-7,9H,8,16H2,1-2H3/t9-/m0/s1. The lowest BCUT2D eigenvalue weighted by Crippen LogP contribution is -2.10. The molecule has 0 amide bonds. The van der Waals surface area contributed by atoms with Crippen LogP contribution in [-0.2, 0) is 5.75 Å². The van der Waals surface area contributed by atoms with Crippen molar-refractivity contribution < 1.29 is 0 Å². The van der Waals surface area contributed by atoms with Gasteiger partial charge in [0.25, 0.3) is 0 Å². The SMILES string of the molecule is Cc1nc(CSc2cccc(Cl)c2)ncc1[C@H](C)N. The van der Waals surface area contributed by atoms with E-state index in [1.165, 1.54) is 0 Å². The molecule has 0 fully saturated rings. The number of aryl methyl sites for hydroxylation is 1. The van der Waals surface area contributed by atoms with Crippen molar-refractivity contribution in [3.63, 3.8) is 0 Å². The zero-order chi connectivity index (χ0) is 13.8. The van der Waals surface area contributed by atoms with Crippen LogP contribution in [0.1, 0.15) is 30.0 Å². The molecule has 0 aliphatic rings. The molecular formula is C14H16ClN3S. The molecule has 2 N–H and O–H groups in total. The Morgan fingerprint density at radius 3 is 2.84 bits per heavy atom. The van der Waals surface area contributed by atoms with Crippen molar-refractivity contribution in [2.45, 2.75) is 30.5 Å². The molecule has 100 valence electrons. The van der Waals surface area contributed by atoms with Gasteiger partial charge in [0.1, 0.15) is 5.82 Å². The Morgan fingerprint density at radius 1 is 1.42 bits per heavy atom. The van der Waals surface area contributed by atoms with Gasteiger partial charge in [-0.2, -0.15) is 0 Å². The fraction of sp³-hybridized carbons (Fsp3) is 0.286. The normalized spacial score (nSPS) is 12.4. The van der Waals surface area contributed by atoms with Crippen molar-refractivity contribution in [2.75, 3.05) is 0 Å². The number of nitrogens with zero attached hydrogens (tertiary/aromatic N) is 2. The third-order valence-electron chi connectivity index (χ3n) is 2.72. The van der Waals surface area contributed by atoms with Crippen LogP contribution in [0.2, 0.25) is 5.02 Å². The molecule has 1 aromatic carbocycles. The summed E-state index contributed by atoms with van der Waals surface area (Å²) in [4.78, 5) is 9.96. The molecule has 0 saturated heterocycles. The number of halogens is 1. The second kappa shape index (κ2) is 6.37. The van der Waals surface area contributed by atoms with Crippen molar-refractivity contribution in [3.8, 4) is 0 Å². The summed E-state index contributed by atoms with van der Waals surface area (Å²) in [6.07, 6.45) is 1.82. The summed E-state index contributed by atoms with van der Waals surface area (Å²) in [5.41, 5.74) is 7.79. The lowest BCUT2D eigenvalue weighted by molar-refractivity contribution is 0.781. The summed E-state index contributed by atoms with van der Waals surface area (Å²) in [6, 6.07) is 7.74. The Kier molecular flexibility index (Phi) is 4.80. The van der Waals surface area contributed by atoms with Crippen LogP contribution < -0.4 is 5.73 Å². The summed E-state index contributed by atoms with van der Waals surface area (Å²) in [7, 11) is 0. The quantitative estimate of drug-likeness (QED) is 0.872. The minimum absolute atomic E-state index is 0.0327. The Labute approximate surface area is 122 Å². The summed E-state index contributed by atoms with van der Waals surface area (Å²) < 4.78 is 0. The van der Waals surface area contributed by atoms with Crippen LogP contribution in [0.4, 0.5) is 0 Å². The minimum Gasteiger partial charge on any atom is -0.324 e. The first kappa shape index (κ1) is 14.3. The molecule has 2 rings (SSSR count). The van der Waals surface area contributed by atoms with Gasteiger partial charge in [-0.05, 0) is 32.0 Å². The van der Waals surface area contributed by atoms with E-state index in [0.29, 0.717) is 0 Å². The highest BCUT2D eigenvalue weighted by Gasteiger charge is 2.07. The van der Waals surface area contributed by atoms with Crippen LogP contribution in [0, 0.1) is 6.92 Å². The van der Waals surface area contributed by atoms with Crippen molar-refractivity contribution in [1.82, 2.24) is 9.97 Å². The van der Waals surface area contributed by atoms with Crippen molar-refractivity contribution in [1.29, 1.82) is 0 Å². The first-order valence-corrected chi connectivity index (χ1v) is 7.39. The van der Waals surface area contributed by atoms with Crippen molar-refractivity contribution in [2.24, 2.45) is 5.73 Å². The lowest BCUT2D eigenvalue weighted by atomic mass is 10.1. The molecule has 0 aliphatic carbocycles. The molecule has 2 aromatic rings. The van der Waals surface area contributed by atoms with E-state index in [1.807, 2.05) is 44.3 Å². The third kappa shape index (κ3) is 3.93. The number of aromatic nitrogens is 2. The number of benzene rings is 1. The second-order valence-electron chi connectivity index (χ2n) is 4.36. The zero-order valence-corrected chi connectivity index (χ0v) is 12.5. The molecule has 1 heterocycles. The van der Waals surface area contributed by atoms with Crippen molar-refractivity contribution >= 4 is 23.4 Å². The third-order valence-corrected chi connectivity index (χ3v) is 3.95. The summed E-state index contributed by atoms with van der Waals surface area (Å²) in [6.45, 7) is 3.90. The van der Waals surface area contributed by atoms with E-state index in [2.05, 4.69) is 9.97 Å². The Hall–Kier alpha value is -1.10. The molecular weight excluding hydrogens is 278 g/mol. The Balaban J connectivity index is 2.06. The van der Waals surface area contributed by atoms with Gasteiger partial charge in [0.2, 0.25) is 0 Å². The molecule has 0 unspecified atom stereocenters. The largest absolute Gasteiger partial charge is 0.324 e. The fourth-order valence-electron chi connectivity index (χ4n) is 1.75. The first-order valence-electron chi connectivity index (χ1n) is 6.02. The maximum atomic E-state index is 5.95. The zero-order valence-electron chi connectivity index (χ0n) is 10.9. The van der Waals surface area contributed by atoms with E-state index < -0.39 is 0 Å². The number of hydrogen-bond acceptors (Lipinski definition) is 4. The van der Waals surface area contributed by atoms with E-state index in [9.17, 15) is 0 Å². The number of nitrogens with two attached hydrogens (primary N) is 1. The molecule has 0 spiro atoms.